The number of fused-ring (bicyclic) bond motifs is 1. The van der Waals surface area contributed by atoms with E-state index < -0.39 is 17.4 Å². The van der Waals surface area contributed by atoms with Crippen LogP contribution in [0.3, 0.4) is 0 Å². The van der Waals surface area contributed by atoms with E-state index >= 15 is 0 Å². The number of aliphatic carboxylic acids is 2. The molecule has 0 spiro atoms. The normalized spacial score (nSPS) is 15.7. The molecule has 2 aromatic carbocycles. The minimum atomic E-state index is -1.83. The molecule has 2 aromatic rings. The maximum absolute atomic E-state index is 12.3. The van der Waals surface area contributed by atoms with Crippen LogP contribution in [0, 0.1) is 5.41 Å². The van der Waals surface area contributed by atoms with Gasteiger partial charge in [-0.2, -0.15) is 0 Å². The summed E-state index contributed by atoms with van der Waals surface area (Å²) in [6.45, 7) is 0.274. The van der Waals surface area contributed by atoms with Crippen LogP contribution in [0.5, 0.6) is 0 Å². The van der Waals surface area contributed by atoms with Crippen LogP contribution in [0.1, 0.15) is 29.6 Å². The van der Waals surface area contributed by atoms with E-state index in [1.54, 1.807) is 12.1 Å². The zero-order valence-electron chi connectivity index (χ0n) is 15.8. The van der Waals surface area contributed by atoms with Crippen molar-refractivity contribution >= 4 is 34.5 Å². The first kappa shape index (κ1) is 20.3. The van der Waals surface area contributed by atoms with Gasteiger partial charge in [-0.05, 0) is 35.7 Å². The van der Waals surface area contributed by atoms with E-state index in [0.717, 1.165) is 10.8 Å². The van der Waals surface area contributed by atoms with Gasteiger partial charge < -0.3 is 20.4 Å². The zero-order valence-corrected chi connectivity index (χ0v) is 15.8. The number of carbonyl (C=O) groups is 4. The highest BCUT2D eigenvalue weighted by Gasteiger charge is 2.49. The van der Waals surface area contributed by atoms with Crippen molar-refractivity contribution in [3.63, 3.8) is 0 Å². The average Bonchev–Trinajstić information content (AvgIpc) is 2.72. The Morgan fingerprint density at radius 3 is 2.17 bits per heavy atom. The topological polar surface area (TPSA) is 124 Å². The van der Waals surface area contributed by atoms with Gasteiger partial charge in [0.2, 0.25) is 5.91 Å². The van der Waals surface area contributed by atoms with Crippen LogP contribution in [0.15, 0.2) is 42.5 Å². The van der Waals surface area contributed by atoms with E-state index in [9.17, 15) is 29.4 Å². The summed E-state index contributed by atoms with van der Waals surface area (Å²) in [4.78, 5) is 48.7. The van der Waals surface area contributed by atoms with Gasteiger partial charge in [0, 0.05) is 31.6 Å². The van der Waals surface area contributed by atoms with Gasteiger partial charge in [-0.1, -0.05) is 30.3 Å². The number of nitrogens with one attached hydrogen (secondary N) is 1. The van der Waals surface area contributed by atoms with Crippen molar-refractivity contribution in [3.05, 3.63) is 48.0 Å². The second kappa shape index (κ2) is 8.30. The van der Waals surface area contributed by atoms with Gasteiger partial charge in [-0.15, -0.1) is 0 Å². The third-order valence-corrected chi connectivity index (χ3v) is 5.42. The summed E-state index contributed by atoms with van der Waals surface area (Å²) in [5.74, 6) is -3.27. The molecule has 0 radical (unpaired) electrons. The van der Waals surface area contributed by atoms with Crippen molar-refractivity contribution < 1.29 is 29.4 Å². The van der Waals surface area contributed by atoms with Crippen molar-refractivity contribution in [2.75, 3.05) is 19.6 Å². The second-order valence-electron chi connectivity index (χ2n) is 7.14. The summed E-state index contributed by atoms with van der Waals surface area (Å²) in [6.07, 6.45) is -0.202. The number of likely N-dealkylation sites (tertiary alicyclic amines) is 1. The molecule has 29 heavy (non-hydrogen) atoms. The molecule has 0 atom stereocenters. The largest absolute Gasteiger partial charge is 0.480 e. The Balaban J connectivity index is 1.50. The molecule has 0 saturated carbocycles. The molecule has 8 nitrogen and oxygen atoms in total. The van der Waals surface area contributed by atoms with Crippen molar-refractivity contribution in [2.24, 2.45) is 5.41 Å². The highest BCUT2D eigenvalue weighted by atomic mass is 16.4. The maximum Gasteiger partial charge on any atom is 0.321 e. The number of piperidine rings is 1. The molecule has 1 aliphatic rings. The first-order valence-corrected chi connectivity index (χ1v) is 9.35. The molecule has 1 fully saturated rings. The van der Waals surface area contributed by atoms with Crippen LogP contribution in [-0.4, -0.2) is 58.5 Å². The number of carboxylic acids is 2. The van der Waals surface area contributed by atoms with E-state index in [4.69, 9.17) is 0 Å². The van der Waals surface area contributed by atoms with Gasteiger partial charge in [-0.25, -0.2) is 0 Å². The minimum Gasteiger partial charge on any atom is -0.480 e. The molecule has 2 amide bonds. The highest BCUT2D eigenvalue weighted by molar-refractivity contribution is 5.99. The number of hydrogen-bond donors (Lipinski definition) is 3. The average molecular weight is 398 g/mol. The molecule has 3 rings (SSSR count). The number of carbonyl (C=O) groups excluding carboxylic acids is 2. The number of nitrogens with zero attached hydrogens (tertiary/aromatic N) is 1. The van der Waals surface area contributed by atoms with Gasteiger partial charge in [-0.3, -0.25) is 19.2 Å². The van der Waals surface area contributed by atoms with Crippen LogP contribution >= 0.6 is 0 Å². The van der Waals surface area contributed by atoms with E-state index in [0.29, 0.717) is 5.56 Å². The fraction of sp³-hybridized carbons (Fsp3) is 0.333. The number of hydrogen-bond acceptors (Lipinski definition) is 4. The van der Waals surface area contributed by atoms with E-state index in [1.807, 2.05) is 30.3 Å². The first-order valence-electron chi connectivity index (χ1n) is 9.35. The number of carboxylic acid groups (broad SMARTS) is 2. The standard InChI is InChI=1S/C21H22N2O6/c24-17(23-11-8-21(9-12-23,19(26)27)20(28)29)7-10-22-18(25)16-6-5-14-3-1-2-4-15(14)13-16/h1-6,13H,7-12H2,(H,22,25)(H,26,27)(H,28,29). The number of rotatable bonds is 6. The third-order valence-electron chi connectivity index (χ3n) is 5.42. The summed E-state index contributed by atoms with van der Waals surface area (Å²) in [5, 5.41) is 23.1. The molecule has 1 heterocycles. The van der Waals surface area contributed by atoms with Crippen molar-refractivity contribution in [1.29, 1.82) is 0 Å². The Morgan fingerprint density at radius 2 is 1.55 bits per heavy atom. The lowest BCUT2D eigenvalue weighted by atomic mass is 9.78. The SMILES string of the molecule is O=C(NCCC(=O)N1CCC(C(=O)O)(C(=O)O)CC1)c1ccc2ccccc2c1. The fourth-order valence-corrected chi connectivity index (χ4v) is 3.53. The zero-order chi connectivity index (χ0) is 21.0. The number of amides is 2. The molecule has 1 aliphatic heterocycles. The van der Waals surface area contributed by atoms with E-state index in [1.165, 1.54) is 4.90 Å². The minimum absolute atomic E-state index is 0.0620. The first-order chi connectivity index (χ1) is 13.8. The number of benzene rings is 2. The lowest BCUT2D eigenvalue weighted by molar-refractivity contribution is -0.169. The van der Waals surface area contributed by atoms with Crippen LogP contribution in [0.4, 0.5) is 0 Å². The molecule has 8 heteroatoms. The smallest absolute Gasteiger partial charge is 0.321 e. The molecule has 152 valence electrons. The van der Waals surface area contributed by atoms with Gasteiger partial charge in [0.1, 0.15) is 0 Å². The lowest BCUT2D eigenvalue weighted by Crippen LogP contribution is -2.50. The molecule has 3 N–H and O–H groups in total. The predicted molar refractivity (Wildman–Crippen MR) is 104 cm³/mol. The van der Waals surface area contributed by atoms with E-state index in [-0.39, 0.29) is 50.7 Å². The molecule has 0 bridgehead atoms. The van der Waals surface area contributed by atoms with Gasteiger partial charge in [0.25, 0.3) is 5.91 Å². The van der Waals surface area contributed by atoms with Gasteiger partial charge in [0.15, 0.2) is 5.41 Å². The Kier molecular flexibility index (Phi) is 5.81. The Labute approximate surface area is 167 Å². The summed E-state index contributed by atoms with van der Waals surface area (Å²) in [5.41, 5.74) is -1.33. The third kappa shape index (κ3) is 4.21. The molecular formula is C21H22N2O6. The van der Waals surface area contributed by atoms with E-state index in [2.05, 4.69) is 5.32 Å². The van der Waals surface area contributed by atoms with Crippen molar-refractivity contribution in [2.45, 2.75) is 19.3 Å². The maximum atomic E-state index is 12.3. The summed E-state index contributed by atoms with van der Waals surface area (Å²) in [7, 11) is 0. The quantitative estimate of drug-likeness (QED) is 0.637. The van der Waals surface area contributed by atoms with Crippen molar-refractivity contribution in [3.8, 4) is 0 Å². The molecular weight excluding hydrogens is 376 g/mol. The van der Waals surface area contributed by atoms with Gasteiger partial charge in [0.05, 0.1) is 0 Å². The molecule has 0 aliphatic carbocycles. The Hall–Kier alpha value is -3.42. The van der Waals surface area contributed by atoms with Crippen LogP contribution in [0.2, 0.25) is 0 Å². The monoisotopic (exact) mass is 398 g/mol. The summed E-state index contributed by atoms with van der Waals surface area (Å²) < 4.78 is 0. The fourth-order valence-electron chi connectivity index (χ4n) is 3.53. The summed E-state index contributed by atoms with van der Waals surface area (Å²) >= 11 is 0. The Bertz CT molecular complexity index is 947. The summed E-state index contributed by atoms with van der Waals surface area (Å²) in [6, 6.07) is 13.1. The van der Waals surface area contributed by atoms with Crippen molar-refractivity contribution in [1.82, 2.24) is 10.2 Å². The molecule has 0 unspecified atom stereocenters. The molecule has 0 aromatic heterocycles. The van der Waals surface area contributed by atoms with Crippen LogP contribution < -0.4 is 5.32 Å². The predicted octanol–water partition coefficient (Wildman–Crippen LogP) is 1.74. The van der Waals surface area contributed by atoms with Crippen LogP contribution in [0.25, 0.3) is 10.8 Å². The van der Waals surface area contributed by atoms with Crippen LogP contribution in [-0.2, 0) is 14.4 Å². The lowest BCUT2D eigenvalue weighted by Gasteiger charge is -2.36. The highest BCUT2D eigenvalue weighted by Crippen LogP contribution is 2.32. The Morgan fingerprint density at radius 1 is 0.931 bits per heavy atom. The molecule has 1 saturated heterocycles. The van der Waals surface area contributed by atoms with Gasteiger partial charge >= 0.3 is 11.9 Å². The second-order valence-corrected chi connectivity index (χ2v) is 7.14.